The lowest BCUT2D eigenvalue weighted by molar-refractivity contribution is -0.135. The minimum Gasteiger partial charge on any atom is -0.371 e. The molecule has 0 bridgehead atoms. The minimum absolute atomic E-state index is 0.197. The van der Waals surface area contributed by atoms with E-state index in [9.17, 15) is 4.79 Å². The van der Waals surface area contributed by atoms with E-state index in [-0.39, 0.29) is 5.54 Å². The van der Waals surface area contributed by atoms with Gasteiger partial charge in [-0.1, -0.05) is 0 Å². The molecular formula is C11H21NO2. The molecule has 0 saturated carbocycles. The summed E-state index contributed by atoms with van der Waals surface area (Å²) >= 11 is 0. The van der Waals surface area contributed by atoms with Gasteiger partial charge in [0.15, 0.2) is 6.29 Å². The second-order valence-electron chi connectivity index (χ2n) is 5.04. The fourth-order valence-electron chi connectivity index (χ4n) is 1.93. The molecule has 82 valence electrons. The Kier molecular flexibility index (Phi) is 3.32. The van der Waals surface area contributed by atoms with Crippen molar-refractivity contribution in [2.45, 2.75) is 44.8 Å². The summed E-state index contributed by atoms with van der Waals surface area (Å²) in [6.07, 6.45) is 2.58. The van der Waals surface area contributed by atoms with Crippen LogP contribution in [0.4, 0.5) is 0 Å². The van der Waals surface area contributed by atoms with Gasteiger partial charge >= 0.3 is 0 Å². The molecule has 1 saturated heterocycles. The van der Waals surface area contributed by atoms with E-state index in [4.69, 9.17) is 4.74 Å². The highest BCUT2D eigenvalue weighted by Crippen LogP contribution is 2.27. The van der Waals surface area contributed by atoms with E-state index < -0.39 is 5.60 Å². The Morgan fingerprint density at radius 3 is 2.07 bits per heavy atom. The van der Waals surface area contributed by atoms with Crippen LogP contribution in [0.25, 0.3) is 0 Å². The lowest BCUT2D eigenvalue weighted by Gasteiger charge is -2.43. The number of methoxy groups -OCH3 is 1. The fourth-order valence-corrected chi connectivity index (χ4v) is 1.93. The molecule has 0 radical (unpaired) electrons. The molecule has 0 aromatic heterocycles. The molecular weight excluding hydrogens is 178 g/mol. The molecule has 1 aliphatic heterocycles. The van der Waals surface area contributed by atoms with Crippen LogP contribution in [0.1, 0.15) is 33.6 Å². The van der Waals surface area contributed by atoms with Crippen molar-refractivity contribution in [2.75, 3.05) is 20.2 Å². The molecule has 0 N–H and O–H groups in total. The van der Waals surface area contributed by atoms with Crippen molar-refractivity contribution in [2.24, 2.45) is 0 Å². The lowest BCUT2D eigenvalue weighted by atomic mass is 9.90. The summed E-state index contributed by atoms with van der Waals surface area (Å²) in [5.41, 5.74) is -0.315. The van der Waals surface area contributed by atoms with Crippen molar-refractivity contribution >= 4 is 6.29 Å². The smallest absolute Gasteiger partial charge is 0.151 e. The van der Waals surface area contributed by atoms with Crippen LogP contribution >= 0.6 is 0 Å². The number of carbonyl (C=O) groups excluding carboxylic acids is 1. The summed E-state index contributed by atoms with van der Waals surface area (Å²) in [5.74, 6) is 0. The number of rotatable bonds is 2. The zero-order valence-corrected chi connectivity index (χ0v) is 9.67. The molecule has 1 heterocycles. The number of piperidine rings is 1. The Bertz CT molecular complexity index is 200. The molecule has 1 rings (SSSR count). The monoisotopic (exact) mass is 199 g/mol. The number of hydrogen-bond donors (Lipinski definition) is 0. The molecule has 3 nitrogen and oxygen atoms in total. The molecule has 1 fully saturated rings. The van der Waals surface area contributed by atoms with Gasteiger partial charge in [-0.3, -0.25) is 4.90 Å². The Labute approximate surface area is 86.4 Å². The molecule has 14 heavy (non-hydrogen) atoms. The Balaban J connectivity index is 2.57. The van der Waals surface area contributed by atoms with Crippen molar-refractivity contribution in [1.82, 2.24) is 4.90 Å². The first-order valence-corrected chi connectivity index (χ1v) is 5.20. The third kappa shape index (κ3) is 2.34. The minimum atomic E-state index is -0.512. The third-order valence-corrected chi connectivity index (χ3v) is 3.18. The predicted molar refractivity (Wildman–Crippen MR) is 56.4 cm³/mol. The average molecular weight is 199 g/mol. The Morgan fingerprint density at radius 2 is 1.79 bits per heavy atom. The maximum Gasteiger partial charge on any atom is 0.151 e. The lowest BCUT2D eigenvalue weighted by Crippen LogP contribution is -2.52. The van der Waals surface area contributed by atoms with Crippen molar-refractivity contribution in [3.8, 4) is 0 Å². The largest absolute Gasteiger partial charge is 0.371 e. The van der Waals surface area contributed by atoms with E-state index in [0.717, 1.165) is 32.2 Å². The van der Waals surface area contributed by atoms with Gasteiger partial charge in [-0.2, -0.15) is 0 Å². The van der Waals surface area contributed by atoms with E-state index in [1.54, 1.807) is 7.11 Å². The van der Waals surface area contributed by atoms with Gasteiger partial charge in [-0.05, 0) is 33.6 Å². The molecule has 0 spiro atoms. The maximum absolute atomic E-state index is 10.9. The van der Waals surface area contributed by atoms with Crippen molar-refractivity contribution < 1.29 is 9.53 Å². The van der Waals surface area contributed by atoms with Crippen LogP contribution in [0.3, 0.4) is 0 Å². The highest BCUT2D eigenvalue weighted by Gasteiger charge is 2.37. The highest BCUT2D eigenvalue weighted by molar-refractivity contribution is 5.62. The molecule has 0 amide bonds. The second-order valence-corrected chi connectivity index (χ2v) is 5.04. The van der Waals surface area contributed by atoms with Gasteiger partial charge in [0.25, 0.3) is 0 Å². The highest BCUT2D eigenvalue weighted by atomic mass is 16.5. The molecule has 3 heteroatoms. The topological polar surface area (TPSA) is 29.5 Å². The summed E-state index contributed by atoms with van der Waals surface area (Å²) in [6.45, 7) is 8.49. The zero-order valence-electron chi connectivity index (χ0n) is 9.67. The normalized spacial score (nSPS) is 23.4. The first kappa shape index (κ1) is 11.7. The molecule has 1 aliphatic rings. The number of nitrogens with zero attached hydrogens (tertiary/aromatic N) is 1. The number of likely N-dealkylation sites (tertiary alicyclic amines) is 1. The molecule has 0 unspecified atom stereocenters. The Morgan fingerprint density at radius 1 is 1.29 bits per heavy atom. The molecule has 0 aliphatic carbocycles. The standard InChI is InChI=1S/C11H21NO2/c1-10(2,3)12-7-5-11(9-13,14-4)6-8-12/h9H,5-8H2,1-4H3. The van der Waals surface area contributed by atoms with Crippen LogP contribution in [0.15, 0.2) is 0 Å². The third-order valence-electron chi connectivity index (χ3n) is 3.18. The number of ether oxygens (including phenoxy) is 1. The van der Waals surface area contributed by atoms with Crippen molar-refractivity contribution in [1.29, 1.82) is 0 Å². The van der Waals surface area contributed by atoms with Gasteiger partial charge in [0.1, 0.15) is 5.60 Å². The van der Waals surface area contributed by atoms with Crippen LogP contribution in [0, 0.1) is 0 Å². The van der Waals surface area contributed by atoms with Crippen LogP contribution in [-0.4, -0.2) is 42.5 Å². The Hall–Kier alpha value is -0.410. The summed E-state index contributed by atoms with van der Waals surface area (Å²) in [4.78, 5) is 13.3. The number of aldehydes is 1. The molecule has 0 atom stereocenters. The van der Waals surface area contributed by atoms with E-state index in [0.29, 0.717) is 0 Å². The van der Waals surface area contributed by atoms with E-state index in [2.05, 4.69) is 25.7 Å². The first-order valence-electron chi connectivity index (χ1n) is 5.20. The summed E-state index contributed by atoms with van der Waals surface area (Å²) < 4.78 is 5.29. The first-order chi connectivity index (χ1) is 6.43. The van der Waals surface area contributed by atoms with Gasteiger partial charge in [0.2, 0.25) is 0 Å². The van der Waals surface area contributed by atoms with Crippen LogP contribution in [0.5, 0.6) is 0 Å². The van der Waals surface area contributed by atoms with Crippen LogP contribution < -0.4 is 0 Å². The van der Waals surface area contributed by atoms with Crippen LogP contribution in [-0.2, 0) is 9.53 Å². The van der Waals surface area contributed by atoms with Gasteiger partial charge in [0, 0.05) is 25.7 Å². The van der Waals surface area contributed by atoms with Crippen molar-refractivity contribution in [3.05, 3.63) is 0 Å². The summed E-state index contributed by atoms with van der Waals surface area (Å²) in [5, 5.41) is 0. The molecule has 0 aromatic rings. The van der Waals surface area contributed by atoms with Gasteiger partial charge < -0.3 is 9.53 Å². The SMILES string of the molecule is COC1(C=O)CCN(C(C)(C)C)CC1. The van der Waals surface area contributed by atoms with E-state index in [1.165, 1.54) is 0 Å². The summed E-state index contributed by atoms with van der Waals surface area (Å²) in [6, 6.07) is 0. The number of carbonyl (C=O) groups is 1. The van der Waals surface area contributed by atoms with Crippen LogP contribution in [0.2, 0.25) is 0 Å². The predicted octanol–water partition coefficient (Wildman–Crippen LogP) is 1.46. The summed E-state index contributed by atoms with van der Waals surface area (Å²) in [7, 11) is 1.63. The maximum atomic E-state index is 10.9. The van der Waals surface area contributed by atoms with Gasteiger partial charge in [-0.25, -0.2) is 0 Å². The van der Waals surface area contributed by atoms with Crippen molar-refractivity contribution in [3.63, 3.8) is 0 Å². The zero-order chi connectivity index (χ0) is 10.8. The molecule has 0 aromatic carbocycles. The van der Waals surface area contributed by atoms with Gasteiger partial charge in [-0.15, -0.1) is 0 Å². The fraction of sp³-hybridized carbons (Fsp3) is 0.909. The van der Waals surface area contributed by atoms with E-state index in [1.807, 2.05) is 0 Å². The average Bonchev–Trinajstić information content (AvgIpc) is 2.16. The quantitative estimate of drug-likeness (QED) is 0.631. The second kappa shape index (κ2) is 3.99. The number of hydrogen-bond acceptors (Lipinski definition) is 3. The van der Waals surface area contributed by atoms with E-state index >= 15 is 0 Å². The van der Waals surface area contributed by atoms with Gasteiger partial charge in [0.05, 0.1) is 0 Å².